The van der Waals surface area contributed by atoms with E-state index in [0.717, 1.165) is 43.6 Å². The lowest BCUT2D eigenvalue weighted by atomic mass is 10.0. The summed E-state index contributed by atoms with van der Waals surface area (Å²) >= 11 is 0. The highest BCUT2D eigenvalue weighted by molar-refractivity contribution is 7.90. The zero-order valence-electron chi connectivity index (χ0n) is 15.6. The van der Waals surface area contributed by atoms with Crippen LogP contribution in [-0.2, 0) is 21.4 Å². The third-order valence-electron chi connectivity index (χ3n) is 4.71. The van der Waals surface area contributed by atoms with Crippen molar-refractivity contribution in [1.29, 1.82) is 0 Å². The van der Waals surface area contributed by atoms with Crippen LogP contribution in [0.15, 0.2) is 65.6 Å². The van der Waals surface area contributed by atoms with Crippen molar-refractivity contribution in [3.8, 4) is 0 Å². The molecule has 1 saturated heterocycles. The van der Waals surface area contributed by atoms with Crippen LogP contribution in [0.2, 0.25) is 0 Å². The molecule has 7 heteroatoms. The number of amides is 1. The second-order valence-corrected chi connectivity index (χ2v) is 8.66. The minimum Gasteiger partial charge on any atom is -0.328 e. The number of carbonyl (C=O) groups is 1. The van der Waals surface area contributed by atoms with Crippen molar-refractivity contribution in [2.75, 3.05) is 13.1 Å². The zero-order chi connectivity index (χ0) is 20.0. The molecule has 2 aromatic rings. The minimum absolute atomic E-state index is 0.0556. The van der Waals surface area contributed by atoms with Crippen LogP contribution in [-0.4, -0.2) is 38.4 Å². The van der Waals surface area contributed by atoms with Crippen LogP contribution in [0.3, 0.4) is 0 Å². The number of benzene rings is 2. The van der Waals surface area contributed by atoms with Gasteiger partial charge in [0.25, 0.3) is 15.9 Å². The van der Waals surface area contributed by atoms with Crippen molar-refractivity contribution >= 4 is 22.0 Å². The van der Waals surface area contributed by atoms with Crippen LogP contribution in [0.5, 0.6) is 0 Å². The van der Waals surface area contributed by atoms with Gasteiger partial charge in [0, 0.05) is 18.7 Å². The van der Waals surface area contributed by atoms with E-state index >= 15 is 0 Å². The van der Waals surface area contributed by atoms with E-state index in [-0.39, 0.29) is 4.90 Å². The summed E-state index contributed by atoms with van der Waals surface area (Å²) in [5, 5.41) is 0. The number of nitrogens with zero attached hydrogens (tertiary/aromatic N) is 1. The average molecular weight is 400 g/mol. The lowest BCUT2D eigenvalue weighted by Crippen LogP contribution is -2.39. The number of hydrogen-bond donors (Lipinski definition) is 2. The molecule has 6 nitrogen and oxygen atoms in total. The van der Waals surface area contributed by atoms with Gasteiger partial charge < -0.3 is 5.73 Å². The van der Waals surface area contributed by atoms with E-state index in [9.17, 15) is 13.2 Å². The Kier molecular flexibility index (Phi) is 6.61. The maximum atomic E-state index is 12.2. The van der Waals surface area contributed by atoms with Crippen molar-refractivity contribution in [1.82, 2.24) is 9.62 Å². The highest BCUT2D eigenvalue weighted by Crippen LogP contribution is 2.14. The standard InChI is InChI=1S/C21H25N3O3S/c22-19-11-13-24(14-12-19)16-18-6-4-5-17(15-18)9-10-21(25)23-28(26,27)20-7-2-1-3-8-20/h1-10,15,19H,11-14,16,22H2,(H,23,25)/b10-9+. The van der Waals surface area contributed by atoms with Gasteiger partial charge in [0.1, 0.15) is 0 Å². The molecule has 3 N–H and O–H groups in total. The second-order valence-electron chi connectivity index (χ2n) is 6.97. The number of nitrogens with one attached hydrogen (secondary N) is 1. The van der Waals surface area contributed by atoms with Crippen molar-refractivity contribution in [3.05, 3.63) is 71.8 Å². The Morgan fingerprint density at radius 1 is 1.11 bits per heavy atom. The molecule has 0 radical (unpaired) electrons. The van der Waals surface area contributed by atoms with Crippen molar-refractivity contribution in [2.45, 2.75) is 30.3 Å². The van der Waals surface area contributed by atoms with E-state index in [2.05, 4.69) is 9.62 Å². The van der Waals surface area contributed by atoms with Crippen LogP contribution in [0.4, 0.5) is 0 Å². The smallest absolute Gasteiger partial charge is 0.264 e. The predicted molar refractivity (Wildman–Crippen MR) is 110 cm³/mol. The maximum Gasteiger partial charge on any atom is 0.264 e. The van der Waals surface area contributed by atoms with E-state index in [1.54, 1.807) is 24.3 Å². The molecule has 0 saturated carbocycles. The molecule has 1 aliphatic heterocycles. The number of carbonyl (C=O) groups excluding carboxylic acids is 1. The van der Waals surface area contributed by atoms with Gasteiger partial charge in [-0.25, -0.2) is 13.1 Å². The fourth-order valence-electron chi connectivity index (χ4n) is 3.16. The van der Waals surface area contributed by atoms with E-state index in [4.69, 9.17) is 5.73 Å². The molecule has 0 atom stereocenters. The highest BCUT2D eigenvalue weighted by Gasteiger charge is 2.16. The van der Waals surface area contributed by atoms with Gasteiger partial charge in [-0.15, -0.1) is 0 Å². The summed E-state index contributed by atoms with van der Waals surface area (Å²) in [6.07, 6.45) is 4.87. The number of likely N-dealkylation sites (tertiary alicyclic amines) is 1. The molecule has 0 bridgehead atoms. The van der Waals surface area contributed by atoms with Crippen LogP contribution in [0, 0.1) is 0 Å². The lowest BCUT2D eigenvalue weighted by molar-refractivity contribution is -0.114. The first kappa shape index (κ1) is 20.3. The SMILES string of the molecule is NC1CCN(Cc2cccc(/C=C/C(=O)NS(=O)(=O)c3ccccc3)c2)CC1. The minimum atomic E-state index is -3.86. The van der Waals surface area contributed by atoms with Gasteiger partial charge in [-0.05, 0) is 55.3 Å². The van der Waals surface area contributed by atoms with E-state index in [1.807, 2.05) is 24.3 Å². The lowest BCUT2D eigenvalue weighted by Gasteiger charge is -2.30. The Hall–Kier alpha value is -2.48. The number of piperidine rings is 1. The number of sulfonamides is 1. The molecular formula is C21H25N3O3S. The van der Waals surface area contributed by atoms with Gasteiger partial charge in [0.05, 0.1) is 4.90 Å². The first-order valence-corrected chi connectivity index (χ1v) is 10.8. The largest absolute Gasteiger partial charge is 0.328 e. The van der Waals surface area contributed by atoms with E-state index < -0.39 is 15.9 Å². The topological polar surface area (TPSA) is 92.5 Å². The number of nitrogens with two attached hydrogens (primary N) is 1. The summed E-state index contributed by atoms with van der Waals surface area (Å²) in [5.74, 6) is -0.681. The third-order valence-corrected chi connectivity index (χ3v) is 6.07. The first-order chi connectivity index (χ1) is 13.4. The highest BCUT2D eigenvalue weighted by atomic mass is 32.2. The molecule has 1 aliphatic rings. The fourth-order valence-corrected chi connectivity index (χ4v) is 4.13. The molecule has 0 spiro atoms. The summed E-state index contributed by atoms with van der Waals surface area (Å²) in [6, 6.07) is 16.0. The van der Waals surface area contributed by atoms with Gasteiger partial charge in [-0.3, -0.25) is 9.69 Å². The molecule has 3 rings (SSSR count). The Balaban J connectivity index is 1.60. The molecule has 0 aliphatic carbocycles. The van der Waals surface area contributed by atoms with E-state index in [1.165, 1.54) is 18.2 Å². The molecular weight excluding hydrogens is 374 g/mol. The Labute approximate surface area is 166 Å². The maximum absolute atomic E-state index is 12.2. The Bertz CT molecular complexity index is 934. The molecule has 1 fully saturated rings. The van der Waals surface area contributed by atoms with E-state index in [0.29, 0.717) is 6.04 Å². The summed E-state index contributed by atoms with van der Waals surface area (Å²) in [7, 11) is -3.86. The van der Waals surface area contributed by atoms with Gasteiger partial charge >= 0.3 is 0 Å². The summed E-state index contributed by atoms with van der Waals surface area (Å²) in [6.45, 7) is 2.81. The van der Waals surface area contributed by atoms with Crippen molar-refractivity contribution in [2.24, 2.45) is 5.73 Å². The number of hydrogen-bond acceptors (Lipinski definition) is 5. The van der Waals surface area contributed by atoms with Gasteiger partial charge in [0.2, 0.25) is 0 Å². The molecule has 0 aromatic heterocycles. The summed E-state index contributed by atoms with van der Waals surface area (Å²) < 4.78 is 26.4. The molecule has 28 heavy (non-hydrogen) atoms. The Morgan fingerprint density at radius 2 is 1.82 bits per heavy atom. The molecule has 1 amide bonds. The van der Waals surface area contributed by atoms with Crippen LogP contribution in [0.25, 0.3) is 6.08 Å². The van der Waals surface area contributed by atoms with Gasteiger partial charge in [-0.2, -0.15) is 0 Å². The van der Waals surface area contributed by atoms with Crippen molar-refractivity contribution < 1.29 is 13.2 Å². The average Bonchev–Trinajstić information content (AvgIpc) is 2.69. The molecule has 1 heterocycles. The van der Waals surface area contributed by atoms with Crippen LogP contribution < -0.4 is 10.5 Å². The fraction of sp³-hybridized carbons (Fsp3) is 0.286. The van der Waals surface area contributed by atoms with Gasteiger partial charge in [0.15, 0.2) is 0 Å². The molecule has 2 aromatic carbocycles. The van der Waals surface area contributed by atoms with Gasteiger partial charge in [-0.1, -0.05) is 42.5 Å². The molecule has 148 valence electrons. The normalized spacial score (nSPS) is 16.3. The first-order valence-electron chi connectivity index (χ1n) is 9.29. The summed E-state index contributed by atoms with van der Waals surface area (Å²) in [4.78, 5) is 14.5. The second kappa shape index (κ2) is 9.14. The molecule has 0 unspecified atom stereocenters. The monoisotopic (exact) mass is 399 g/mol. The van der Waals surface area contributed by atoms with Crippen molar-refractivity contribution in [3.63, 3.8) is 0 Å². The number of rotatable bonds is 6. The third kappa shape index (κ3) is 5.76. The zero-order valence-corrected chi connectivity index (χ0v) is 16.4. The summed E-state index contributed by atoms with van der Waals surface area (Å²) in [5.41, 5.74) is 7.94. The Morgan fingerprint density at radius 3 is 2.54 bits per heavy atom. The predicted octanol–water partition coefficient (Wildman–Crippen LogP) is 2.13. The van der Waals surface area contributed by atoms with Crippen LogP contribution in [0.1, 0.15) is 24.0 Å². The van der Waals surface area contributed by atoms with Crippen LogP contribution >= 0.6 is 0 Å². The quantitative estimate of drug-likeness (QED) is 0.726.